The molecule has 0 aliphatic carbocycles. The molecular weight excluding hydrogens is 364 g/mol. The van der Waals surface area contributed by atoms with Crippen molar-refractivity contribution in [1.29, 1.82) is 0 Å². The first-order chi connectivity index (χ1) is 13.0. The Balaban J connectivity index is 1.51. The van der Waals surface area contributed by atoms with Gasteiger partial charge in [0.2, 0.25) is 12.6 Å². The lowest BCUT2D eigenvalue weighted by molar-refractivity contribution is 0.0991. The van der Waals surface area contributed by atoms with E-state index in [-0.39, 0.29) is 30.9 Å². The average molecular weight is 375 g/mol. The quantitative estimate of drug-likeness (QED) is 0.729. The van der Waals surface area contributed by atoms with E-state index in [1.54, 1.807) is 18.2 Å². The molecule has 2 aromatic carbocycles. The van der Waals surface area contributed by atoms with Crippen molar-refractivity contribution in [3.63, 3.8) is 0 Å². The minimum absolute atomic E-state index is 0.0482. The number of aromatic nitrogens is 2. The smallest absolute Gasteiger partial charge is 0.264 e. The number of hydrogen-bond acceptors (Lipinski definition) is 7. The molecule has 0 bridgehead atoms. The topological polar surface area (TPSA) is 110 Å². The third-order valence-electron chi connectivity index (χ3n) is 3.75. The van der Waals surface area contributed by atoms with Crippen LogP contribution in [0.1, 0.15) is 16.2 Å². The molecule has 1 aliphatic rings. The van der Waals surface area contributed by atoms with Gasteiger partial charge in [0, 0.05) is 5.56 Å². The second-order valence-electron chi connectivity index (χ2n) is 5.47. The zero-order valence-corrected chi connectivity index (χ0v) is 13.6. The van der Waals surface area contributed by atoms with Crippen LogP contribution in [0.2, 0.25) is 0 Å². The molecule has 0 unspecified atom stereocenters. The maximum Gasteiger partial charge on any atom is 0.264 e. The number of nitrogens with two attached hydrogens (primary N) is 1. The van der Waals surface area contributed by atoms with Gasteiger partial charge in [0.05, 0.1) is 0 Å². The maximum atomic E-state index is 14.1. The number of halogens is 2. The van der Waals surface area contributed by atoms with E-state index >= 15 is 0 Å². The van der Waals surface area contributed by atoms with E-state index in [0.29, 0.717) is 17.1 Å². The first-order valence-electron chi connectivity index (χ1n) is 7.66. The molecule has 0 spiro atoms. The summed E-state index contributed by atoms with van der Waals surface area (Å²) in [5.41, 5.74) is 4.71. The number of amides is 1. The van der Waals surface area contributed by atoms with Gasteiger partial charge in [-0.05, 0) is 30.3 Å². The van der Waals surface area contributed by atoms with Crippen LogP contribution in [0, 0.1) is 11.6 Å². The van der Waals surface area contributed by atoms with Gasteiger partial charge in [0.25, 0.3) is 11.8 Å². The summed E-state index contributed by atoms with van der Waals surface area (Å²) in [6, 6.07) is 7.04. The number of rotatable bonds is 5. The summed E-state index contributed by atoms with van der Waals surface area (Å²) in [4.78, 5) is 15.3. The van der Waals surface area contributed by atoms with Gasteiger partial charge in [-0.15, -0.1) is 0 Å². The van der Waals surface area contributed by atoms with Crippen LogP contribution in [0.25, 0.3) is 11.4 Å². The molecule has 1 aliphatic heterocycles. The lowest BCUT2D eigenvalue weighted by atomic mass is 10.1. The van der Waals surface area contributed by atoms with E-state index < -0.39 is 23.1 Å². The SMILES string of the molecule is NC(=O)c1c(F)ccc(OCc2nc(-c3ccc4c(c3)OCO4)no2)c1F. The highest BCUT2D eigenvalue weighted by atomic mass is 19.1. The fourth-order valence-corrected chi connectivity index (χ4v) is 2.48. The molecule has 138 valence electrons. The Bertz CT molecular complexity index is 1040. The largest absolute Gasteiger partial charge is 0.481 e. The molecule has 2 N–H and O–H groups in total. The van der Waals surface area contributed by atoms with Crippen LogP contribution in [-0.2, 0) is 6.61 Å². The Kier molecular flexibility index (Phi) is 4.07. The van der Waals surface area contributed by atoms with E-state index in [1.807, 2.05) is 0 Å². The standard InChI is InChI=1S/C17H11F2N3O5/c18-9-2-4-11(15(19)14(9)16(20)23)24-6-13-21-17(22-27-13)8-1-3-10-12(5-8)26-7-25-10/h1-5H,6-7H2,(H2,20,23). The predicted octanol–water partition coefficient (Wildman–Crippen LogP) is 2.42. The van der Waals surface area contributed by atoms with Crippen molar-refractivity contribution >= 4 is 5.91 Å². The molecule has 0 fully saturated rings. The van der Waals surface area contributed by atoms with Crippen molar-refractivity contribution in [2.45, 2.75) is 6.61 Å². The minimum Gasteiger partial charge on any atom is -0.481 e. The Labute approximate surface area is 150 Å². The molecule has 3 aromatic rings. The summed E-state index contributed by atoms with van der Waals surface area (Å²) < 4.78 is 48.4. The van der Waals surface area contributed by atoms with Gasteiger partial charge in [-0.1, -0.05) is 5.16 Å². The van der Waals surface area contributed by atoms with Crippen molar-refractivity contribution in [3.05, 3.63) is 53.4 Å². The molecule has 0 saturated heterocycles. The molecule has 27 heavy (non-hydrogen) atoms. The van der Waals surface area contributed by atoms with Crippen LogP contribution in [0.3, 0.4) is 0 Å². The summed E-state index contributed by atoms with van der Waals surface area (Å²) in [7, 11) is 0. The Hall–Kier alpha value is -3.69. The molecule has 0 atom stereocenters. The summed E-state index contributed by atoms with van der Waals surface area (Å²) in [5, 5.41) is 3.82. The van der Waals surface area contributed by atoms with Crippen molar-refractivity contribution < 1.29 is 32.3 Å². The zero-order chi connectivity index (χ0) is 19.0. The van der Waals surface area contributed by atoms with Gasteiger partial charge < -0.3 is 24.5 Å². The van der Waals surface area contributed by atoms with Crippen LogP contribution in [0.5, 0.6) is 17.2 Å². The van der Waals surface area contributed by atoms with E-state index in [9.17, 15) is 13.6 Å². The van der Waals surface area contributed by atoms with Gasteiger partial charge in [-0.3, -0.25) is 4.79 Å². The third-order valence-corrected chi connectivity index (χ3v) is 3.75. The molecule has 0 radical (unpaired) electrons. The third kappa shape index (κ3) is 3.12. The Morgan fingerprint density at radius 2 is 2.00 bits per heavy atom. The number of primary amides is 1. The minimum atomic E-state index is -1.24. The number of hydrogen-bond donors (Lipinski definition) is 1. The van der Waals surface area contributed by atoms with E-state index in [1.165, 1.54) is 0 Å². The van der Waals surface area contributed by atoms with E-state index in [4.69, 9.17) is 24.5 Å². The molecule has 2 heterocycles. The number of ether oxygens (including phenoxy) is 3. The Morgan fingerprint density at radius 1 is 1.19 bits per heavy atom. The number of carbonyl (C=O) groups is 1. The van der Waals surface area contributed by atoms with Crippen molar-refractivity contribution in [3.8, 4) is 28.6 Å². The predicted molar refractivity (Wildman–Crippen MR) is 85.1 cm³/mol. The van der Waals surface area contributed by atoms with Crippen molar-refractivity contribution in [2.75, 3.05) is 6.79 Å². The fraction of sp³-hybridized carbons (Fsp3) is 0.118. The number of carbonyl (C=O) groups excluding carboxylic acids is 1. The van der Waals surface area contributed by atoms with Gasteiger partial charge in [0.1, 0.15) is 11.4 Å². The normalized spacial score (nSPS) is 12.2. The highest BCUT2D eigenvalue weighted by molar-refractivity contribution is 5.93. The lowest BCUT2D eigenvalue weighted by Gasteiger charge is -2.07. The van der Waals surface area contributed by atoms with Crippen LogP contribution < -0.4 is 19.9 Å². The molecule has 8 nitrogen and oxygen atoms in total. The second-order valence-corrected chi connectivity index (χ2v) is 5.47. The fourth-order valence-electron chi connectivity index (χ4n) is 2.48. The summed E-state index contributed by atoms with van der Waals surface area (Å²) in [6.07, 6.45) is 0. The van der Waals surface area contributed by atoms with Crippen molar-refractivity contribution in [2.24, 2.45) is 5.73 Å². The first kappa shape index (κ1) is 16.8. The van der Waals surface area contributed by atoms with E-state index in [0.717, 1.165) is 12.1 Å². The number of benzene rings is 2. The average Bonchev–Trinajstić information content (AvgIpc) is 3.29. The summed E-state index contributed by atoms with van der Waals surface area (Å²) >= 11 is 0. The number of fused-ring (bicyclic) bond motifs is 1. The van der Waals surface area contributed by atoms with Crippen LogP contribution in [0.4, 0.5) is 8.78 Å². The summed E-state index contributed by atoms with van der Waals surface area (Å²) in [6.45, 7) is -0.154. The first-order valence-corrected chi connectivity index (χ1v) is 7.66. The highest BCUT2D eigenvalue weighted by Crippen LogP contribution is 2.35. The van der Waals surface area contributed by atoms with Gasteiger partial charge in [-0.25, -0.2) is 8.78 Å². The van der Waals surface area contributed by atoms with Crippen LogP contribution >= 0.6 is 0 Å². The molecule has 1 aromatic heterocycles. The molecule has 4 rings (SSSR count). The van der Waals surface area contributed by atoms with E-state index in [2.05, 4.69) is 10.1 Å². The monoisotopic (exact) mass is 375 g/mol. The molecular formula is C17H11F2N3O5. The van der Waals surface area contributed by atoms with Crippen LogP contribution in [0.15, 0.2) is 34.9 Å². The highest BCUT2D eigenvalue weighted by Gasteiger charge is 2.20. The van der Waals surface area contributed by atoms with Crippen LogP contribution in [-0.4, -0.2) is 22.8 Å². The number of nitrogens with zero attached hydrogens (tertiary/aromatic N) is 2. The van der Waals surface area contributed by atoms with Crippen molar-refractivity contribution in [1.82, 2.24) is 10.1 Å². The Morgan fingerprint density at radius 3 is 2.81 bits per heavy atom. The lowest BCUT2D eigenvalue weighted by Crippen LogP contribution is -2.16. The summed E-state index contributed by atoms with van der Waals surface area (Å²) in [5.74, 6) is -2.39. The van der Waals surface area contributed by atoms with Gasteiger partial charge >= 0.3 is 0 Å². The molecule has 10 heteroatoms. The zero-order valence-electron chi connectivity index (χ0n) is 13.6. The maximum absolute atomic E-state index is 14.1. The second kappa shape index (κ2) is 6.56. The molecule has 0 saturated carbocycles. The van der Waals surface area contributed by atoms with Gasteiger partial charge in [0.15, 0.2) is 29.7 Å². The molecule has 1 amide bonds. The van der Waals surface area contributed by atoms with Gasteiger partial charge in [-0.2, -0.15) is 4.98 Å².